The number of aliphatic hydroxyl groups excluding tert-OH is 1. The largest absolute Gasteiger partial charge is 0.388 e. The van der Waals surface area contributed by atoms with Gasteiger partial charge in [-0.2, -0.15) is 5.10 Å². The highest BCUT2D eigenvalue weighted by Crippen LogP contribution is 2.22. The molecule has 0 aliphatic carbocycles. The van der Waals surface area contributed by atoms with Crippen LogP contribution in [0.1, 0.15) is 25.0 Å². The maximum atomic E-state index is 9.63. The van der Waals surface area contributed by atoms with Crippen LogP contribution in [0, 0.1) is 0 Å². The van der Waals surface area contributed by atoms with Gasteiger partial charge >= 0.3 is 0 Å². The number of aliphatic hydroxyl groups is 1. The number of aromatic amines is 1. The molecule has 1 aromatic heterocycles. The summed E-state index contributed by atoms with van der Waals surface area (Å²) >= 11 is 0. The average Bonchev–Trinajstić information content (AvgIpc) is 2.82. The summed E-state index contributed by atoms with van der Waals surface area (Å²) in [6, 6.07) is 7.91. The summed E-state index contributed by atoms with van der Waals surface area (Å²) in [7, 11) is 0. The second kappa shape index (κ2) is 4.28. The minimum atomic E-state index is -0.358. The van der Waals surface area contributed by atoms with Crippen molar-refractivity contribution in [2.45, 2.75) is 19.4 Å². The molecule has 0 saturated heterocycles. The number of benzene rings is 1. The van der Waals surface area contributed by atoms with E-state index in [0.717, 1.165) is 23.1 Å². The van der Waals surface area contributed by atoms with E-state index in [1.807, 2.05) is 37.4 Å². The fraction of sp³-hybridized carbons (Fsp3) is 0.250. The lowest BCUT2D eigenvalue weighted by atomic mass is 10.0. The number of H-pyrrole nitrogens is 1. The van der Waals surface area contributed by atoms with Gasteiger partial charge in [0.05, 0.1) is 12.3 Å². The number of nitrogens with zero attached hydrogens (tertiary/aromatic N) is 1. The molecule has 3 heteroatoms. The molecule has 0 spiro atoms. The summed E-state index contributed by atoms with van der Waals surface area (Å²) in [4.78, 5) is 0. The SMILES string of the molecule is CCC(O)c1ccc(-c2cn[nH]c2)cc1. The van der Waals surface area contributed by atoms with E-state index in [2.05, 4.69) is 10.2 Å². The number of rotatable bonds is 3. The molecule has 1 unspecified atom stereocenters. The van der Waals surface area contributed by atoms with E-state index in [4.69, 9.17) is 0 Å². The molecule has 1 atom stereocenters. The Hall–Kier alpha value is -1.61. The number of hydrogen-bond donors (Lipinski definition) is 2. The van der Waals surface area contributed by atoms with Crippen molar-refractivity contribution in [3.8, 4) is 11.1 Å². The fourth-order valence-electron chi connectivity index (χ4n) is 1.54. The monoisotopic (exact) mass is 202 g/mol. The summed E-state index contributed by atoms with van der Waals surface area (Å²) in [5.41, 5.74) is 3.13. The van der Waals surface area contributed by atoms with Crippen molar-refractivity contribution in [3.63, 3.8) is 0 Å². The third-order valence-electron chi connectivity index (χ3n) is 2.51. The Bertz CT molecular complexity index is 406. The lowest BCUT2D eigenvalue weighted by Gasteiger charge is -2.08. The lowest BCUT2D eigenvalue weighted by Crippen LogP contribution is -1.94. The first-order valence-electron chi connectivity index (χ1n) is 5.08. The standard InChI is InChI=1S/C12H14N2O/c1-2-12(15)10-5-3-9(4-6-10)11-7-13-14-8-11/h3-8,12,15H,2H2,1H3,(H,13,14). The van der Waals surface area contributed by atoms with Crippen LogP contribution < -0.4 is 0 Å². The number of nitrogens with one attached hydrogen (secondary N) is 1. The van der Waals surface area contributed by atoms with Gasteiger partial charge in [0.25, 0.3) is 0 Å². The Morgan fingerprint density at radius 2 is 2.00 bits per heavy atom. The molecule has 2 N–H and O–H groups in total. The van der Waals surface area contributed by atoms with Crippen LogP contribution in [0.5, 0.6) is 0 Å². The second-order valence-corrected chi connectivity index (χ2v) is 3.53. The minimum absolute atomic E-state index is 0.358. The molecule has 0 aliphatic rings. The first-order valence-corrected chi connectivity index (χ1v) is 5.08. The molecule has 2 rings (SSSR count). The molecule has 0 radical (unpaired) electrons. The Labute approximate surface area is 88.8 Å². The molecule has 1 aromatic carbocycles. The van der Waals surface area contributed by atoms with E-state index >= 15 is 0 Å². The molecular formula is C12H14N2O. The van der Waals surface area contributed by atoms with Crippen LogP contribution in [0.2, 0.25) is 0 Å². The van der Waals surface area contributed by atoms with Crippen LogP contribution in [-0.2, 0) is 0 Å². The third-order valence-corrected chi connectivity index (χ3v) is 2.51. The van der Waals surface area contributed by atoms with Crippen molar-refractivity contribution in [1.82, 2.24) is 10.2 Å². The van der Waals surface area contributed by atoms with Crippen molar-refractivity contribution in [3.05, 3.63) is 42.2 Å². The molecule has 15 heavy (non-hydrogen) atoms. The zero-order valence-electron chi connectivity index (χ0n) is 8.64. The van der Waals surface area contributed by atoms with Crippen LogP contribution in [0.4, 0.5) is 0 Å². The quantitative estimate of drug-likeness (QED) is 0.803. The summed E-state index contributed by atoms with van der Waals surface area (Å²) in [6.07, 6.45) is 4.02. The van der Waals surface area contributed by atoms with Crippen molar-refractivity contribution in [2.75, 3.05) is 0 Å². The van der Waals surface area contributed by atoms with Crippen LogP contribution in [0.3, 0.4) is 0 Å². The second-order valence-electron chi connectivity index (χ2n) is 3.53. The Balaban J connectivity index is 2.25. The lowest BCUT2D eigenvalue weighted by molar-refractivity contribution is 0.173. The molecule has 0 bridgehead atoms. The first kappa shape index (κ1) is 9.93. The zero-order valence-corrected chi connectivity index (χ0v) is 8.64. The van der Waals surface area contributed by atoms with E-state index < -0.39 is 0 Å². The van der Waals surface area contributed by atoms with Crippen molar-refractivity contribution < 1.29 is 5.11 Å². The van der Waals surface area contributed by atoms with E-state index in [-0.39, 0.29) is 6.10 Å². The molecule has 2 aromatic rings. The molecule has 1 heterocycles. The summed E-state index contributed by atoms with van der Waals surface area (Å²) < 4.78 is 0. The van der Waals surface area contributed by atoms with Gasteiger partial charge in [-0.05, 0) is 17.5 Å². The molecule has 0 amide bonds. The van der Waals surface area contributed by atoms with E-state index in [1.165, 1.54) is 0 Å². The van der Waals surface area contributed by atoms with Crippen LogP contribution in [0.25, 0.3) is 11.1 Å². The third kappa shape index (κ3) is 2.07. The van der Waals surface area contributed by atoms with Gasteiger partial charge in [0.1, 0.15) is 0 Å². The van der Waals surface area contributed by atoms with Crippen LogP contribution in [-0.4, -0.2) is 15.3 Å². The predicted octanol–water partition coefficient (Wildman–Crippen LogP) is 2.52. The van der Waals surface area contributed by atoms with Crippen molar-refractivity contribution >= 4 is 0 Å². The van der Waals surface area contributed by atoms with Crippen molar-refractivity contribution in [1.29, 1.82) is 0 Å². The minimum Gasteiger partial charge on any atom is -0.388 e. The normalized spacial score (nSPS) is 12.7. The van der Waals surface area contributed by atoms with Gasteiger partial charge in [-0.1, -0.05) is 31.2 Å². The van der Waals surface area contributed by atoms with Gasteiger partial charge in [0.2, 0.25) is 0 Å². The van der Waals surface area contributed by atoms with Gasteiger partial charge in [-0.3, -0.25) is 5.10 Å². The smallest absolute Gasteiger partial charge is 0.0787 e. The summed E-state index contributed by atoms with van der Waals surface area (Å²) in [5, 5.41) is 16.3. The van der Waals surface area contributed by atoms with Crippen LogP contribution >= 0.6 is 0 Å². The maximum Gasteiger partial charge on any atom is 0.0787 e. The number of aromatic nitrogens is 2. The van der Waals surface area contributed by atoms with E-state index in [0.29, 0.717) is 0 Å². The molecule has 0 fully saturated rings. The average molecular weight is 202 g/mol. The predicted molar refractivity (Wildman–Crippen MR) is 59.3 cm³/mol. The van der Waals surface area contributed by atoms with Gasteiger partial charge in [-0.15, -0.1) is 0 Å². The molecule has 0 saturated carbocycles. The van der Waals surface area contributed by atoms with Crippen LogP contribution in [0.15, 0.2) is 36.7 Å². The number of hydrogen-bond acceptors (Lipinski definition) is 2. The molecule has 3 nitrogen and oxygen atoms in total. The zero-order chi connectivity index (χ0) is 10.7. The van der Waals surface area contributed by atoms with E-state index in [9.17, 15) is 5.11 Å². The van der Waals surface area contributed by atoms with Gasteiger partial charge in [0, 0.05) is 11.8 Å². The van der Waals surface area contributed by atoms with Gasteiger partial charge in [0.15, 0.2) is 0 Å². The van der Waals surface area contributed by atoms with E-state index in [1.54, 1.807) is 6.20 Å². The van der Waals surface area contributed by atoms with Gasteiger partial charge in [-0.25, -0.2) is 0 Å². The van der Waals surface area contributed by atoms with Crippen molar-refractivity contribution in [2.24, 2.45) is 0 Å². The molecular weight excluding hydrogens is 188 g/mol. The van der Waals surface area contributed by atoms with Gasteiger partial charge < -0.3 is 5.11 Å². The fourth-order valence-corrected chi connectivity index (χ4v) is 1.54. The summed E-state index contributed by atoms with van der Waals surface area (Å²) in [5.74, 6) is 0. The highest BCUT2D eigenvalue weighted by Gasteiger charge is 2.04. The Kier molecular flexibility index (Phi) is 2.83. The molecule has 78 valence electrons. The highest BCUT2D eigenvalue weighted by atomic mass is 16.3. The highest BCUT2D eigenvalue weighted by molar-refractivity contribution is 5.61. The Morgan fingerprint density at radius 1 is 1.27 bits per heavy atom. The summed E-state index contributed by atoms with van der Waals surface area (Å²) in [6.45, 7) is 1.97. The first-order chi connectivity index (χ1) is 7.31. The maximum absolute atomic E-state index is 9.63. The Morgan fingerprint density at radius 3 is 2.53 bits per heavy atom. The topological polar surface area (TPSA) is 48.9 Å². The molecule has 0 aliphatic heterocycles.